The van der Waals surface area contributed by atoms with E-state index in [1.807, 2.05) is 6.92 Å². The fourth-order valence-electron chi connectivity index (χ4n) is 1.54. The third-order valence-electron chi connectivity index (χ3n) is 2.54. The molecular weight excluding hydrogens is 254 g/mol. The van der Waals surface area contributed by atoms with E-state index in [1.165, 1.54) is 6.07 Å². The van der Waals surface area contributed by atoms with E-state index >= 15 is 0 Å². The molecular formula is C13H18F2N2O2. The van der Waals surface area contributed by atoms with Gasteiger partial charge in [-0.15, -0.1) is 0 Å². The van der Waals surface area contributed by atoms with Crippen LogP contribution in [0.5, 0.6) is 5.75 Å². The minimum Gasteiger partial charge on any atom is -0.490 e. The van der Waals surface area contributed by atoms with Crippen LogP contribution in [-0.2, 0) is 4.79 Å². The summed E-state index contributed by atoms with van der Waals surface area (Å²) < 4.78 is 31.1. The van der Waals surface area contributed by atoms with E-state index in [-0.39, 0.29) is 12.4 Å². The molecule has 1 atom stereocenters. The van der Waals surface area contributed by atoms with Gasteiger partial charge in [0.15, 0.2) is 11.6 Å². The third-order valence-corrected chi connectivity index (χ3v) is 2.54. The van der Waals surface area contributed by atoms with Crippen molar-refractivity contribution in [2.24, 2.45) is 5.73 Å². The SMILES string of the molecule is CCCNC(CCOc1ccc(F)cc1F)C(N)=O. The average molecular weight is 272 g/mol. The number of nitrogens with two attached hydrogens (primary N) is 1. The second kappa shape index (κ2) is 7.68. The number of hydrogen-bond donors (Lipinski definition) is 2. The molecule has 1 amide bonds. The van der Waals surface area contributed by atoms with E-state index in [1.54, 1.807) is 0 Å². The summed E-state index contributed by atoms with van der Waals surface area (Å²) in [4.78, 5) is 11.1. The topological polar surface area (TPSA) is 64.3 Å². The molecule has 3 N–H and O–H groups in total. The summed E-state index contributed by atoms with van der Waals surface area (Å²) in [5.41, 5.74) is 5.23. The van der Waals surface area contributed by atoms with Gasteiger partial charge in [0.1, 0.15) is 5.82 Å². The first kappa shape index (κ1) is 15.4. The van der Waals surface area contributed by atoms with E-state index in [4.69, 9.17) is 10.5 Å². The minimum absolute atomic E-state index is 0.0416. The maximum Gasteiger partial charge on any atom is 0.234 e. The van der Waals surface area contributed by atoms with Gasteiger partial charge in [0.25, 0.3) is 0 Å². The molecule has 1 aromatic rings. The van der Waals surface area contributed by atoms with E-state index in [2.05, 4.69) is 5.32 Å². The molecule has 19 heavy (non-hydrogen) atoms. The van der Waals surface area contributed by atoms with E-state index in [0.717, 1.165) is 18.6 Å². The molecule has 0 bridgehead atoms. The Kier molecular flexibility index (Phi) is 6.21. The van der Waals surface area contributed by atoms with Gasteiger partial charge in [0.05, 0.1) is 12.6 Å². The fraction of sp³-hybridized carbons (Fsp3) is 0.462. The molecule has 1 unspecified atom stereocenters. The molecule has 1 rings (SSSR count). The number of nitrogens with one attached hydrogen (secondary N) is 1. The zero-order chi connectivity index (χ0) is 14.3. The van der Waals surface area contributed by atoms with Gasteiger partial charge in [-0.25, -0.2) is 8.78 Å². The Morgan fingerprint density at radius 1 is 1.47 bits per heavy atom. The number of primary amides is 1. The molecule has 0 saturated carbocycles. The lowest BCUT2D eigenvalue weighted by atomic mass is 10.2. The van der Waals surface area contributed by atoms with Crippen molar-refractivity contribution in [2.45, 2.75) is 25.8 Å². The second-order valence-electron chi connectivity index (χ2n) is 4.12. The summed E-state index contributed by atoms with van der Waals surface area (Å²) in [6, 6.07) is 2.56. The second-order valence-corrected chi connectivity index (χ2v) is 4.12. The highest BCUT2D eigenvalue weighted by Crippen LogP contribution is 2.17. The lowest BCUT2D eigenvalue weighted by molar-refractivity contribution is -0.120. The van der Waals surface area contributed by atoms with Crippen molar-refractivity contribution in [1.29, 1.82) is 0 Å². The predicted octanol–water partition coefficient (Wildman–Crippen LogP) is 1.59. The highest BCUT2D eigenvalue weighted by atomic mass is 19.1. The molecule has 0 aromatic heterocycles. The van der Waals surface area contributed by atoms with Crippen LogP contribution in [0.1, 0.15) is 19.8 Å². The molecule has 0 fully saturated rings. The average Bonchev–Trinajstić information content (AvgIpc) is 2.35. The van der Waals surface area contributed by atoms with Crippen molar-refractivity contribution < 1.29 is 18.3 Å². The van der Waals surface area contributed by atoms with Crippen molar-refractivity contribution in [3.63, 3.8) is 0 Å². The molecule has 0 aliphatic rings. The summed E-state index contributed by atoms with van der Waals surface area (Å²) in [7, 11) is 0. The Morgan fingerprint density at radius 3 is 2.79 bits per heavy atom. The molecule has 0 heterocycles. The fourth-order valence-corrected chi connectivity index (χ4v) is 1.54. The summed E-state index contributed by atoms with van der Waals surface area (Å²) in [6.07, 6.45) is 1.20. The van der Waals surface area contributed by atoms with Gasteiger partial charge >= 0.3 is 0 Å². The maximum atomic E-state index is 13.3. The first-order chi connectivity index (χ1) is 9.04. The lowest BCUT2D eigenvalue weighted by Crippen LogP contribution is -2.42. The normalized spacial score (nSPS) is 12.2. The number of rotatable bonds is 8. The van der Waals surface area contributed by atoms with Crippen LogP contribution in [-0.4, -0.2) is 25.1 Å². The van der Waals surface area contributed by atoms with E-state index in [0.29, 0.717) is 13.0 Å². The maximum absolute atomic E-state index is 13.3. The first-order valence-corrected chi connectivity index (χ1v) is 6.15. The van der Waals surface area contributed by atoms with Gasteiger partial charge in [-0.2, -0.15) is 0 Å². The first-order valence-electron chi connectivity index (χ1n) is 6.15. The van der Waals surface area contributed by atoms with Gasteiger partial charge in [-0.1, -0.05) is 6.92 Å². The monoisotopic (exact) mass is 272 g/mol. The van der Waals surface area contributed by atoms with E-state index < -0.39 is 23.6 Å². The van der Waals surface area contributed by atoms with Crippen LogP contribution in [0.15, 0.2) is 18.2 Å². The molecule has 0 saturated heterocycles. The van der Waals surface area contributed by atoms with Crippen molar-refractivity contribution in [1.82, 2.24) is 5.32 Å². The Bertz CT molecular complexity index is 427. The van der Waals surface area contributed by atoms with E-state index in [9.17, 15) is 13.6 Å². The molecule has 6 heteroatoms. The predicted molar refractivity (Wildman–Crippen MR) is 67.7 cm³/mol. The summed E-state index contributed by atoms with van der Waals surface area (Å²) in [5, 5.41) is 2.97. The van der Waals surface area contributed by atoms with Gasteiger partial charge in [0.2, 0.25) is 5.91 Å². The zero-order valence-corrected chi connectivity index (χ0v) is 10.8. The molecule has 0 radical (unpaired) electrons. The minimum atomic E-state index is -0.767. The Labute approximate surface area is 110 Å². The van der Waals surface area contributed by atoms with Gasteiger partial charge < -0.3 is 15.8 Å². The quantitative estimate of drug-likeness (QED) is 0.755. The van der Waals surface area contributed by atoms with Gasteiger partial charge in [0, 0.05) is 12.5 Å². The number of amides is 1. The van der Waals surface area contributed by atoms with Crippen LogP contribution in [0.2, 0.25) is 0 Å². The molecule has 1 aromatic carbocycles. The Balaban J connectivity index is 2.45. The van der Waals surface area contributed by atoms with Crippen molar-refractivity contribution >= 4 is 5.91 Å². The largest absolute Gasteiger partial charge is 0.490 e. The molecule has 0 aliphatic carbocycles. The number of carbonyl (C=O) groups excluding carboxylic acids is 1. The van der Waals surface area contributed by atoms with Crippen LogP contribution in [0.3, 0.4) is 0 Å². The van der Waals surface area contributed by atoms with Crippen LogP contribution in [0, 0.1) is 11.6 Å². The molecule has 106 valence electrons. The number of hydrogen-bond acceptors (Lipinski definition) is 3. The smallest absolute Gasteiger partial charge is 0.234 e. The standard InChI is InChI=1S/C13H18F2N2O2/c1-2-6-17-11(13(16)18)5-7-19-12-4-3-9(14)8-10(12)15/h3-4,8,11,17H,2,5-7H2,1H3,(H2,16,18). The summed E-state index contributed by atoms with van der Waals surface area (Å²) >= 11 is 0. The highest BCUT2D eigenvalue weighted by molar-refractivity contribution is 5.79. The van der Waals surface area contributed by atoms with Gasteiger partial charge in [-0.3, -0.25) is 4.79 Å². The number of halogens is 2. The molecule has 0 spiro atoms. The van der Waals surface area contributed by atoms with Crippen LogP contribution >= 0.6 is 0 Å². The Hall–Kier alpha value is -1.69. The van der Waals surface area contributed by atoms with Crippen molar-refractivity contribution in [3.8, 4) is 5.75 Å². The zero-order valence-electron chi connectivity index (χ0n) is 10.8. The summed E-state index contributed by atoms with van der Waals surface area (Å²) in [6.45, 7) is 2.75. The van der Waals surface area contributed by atoms with Crippen LogP contribution < -0.4 is 15.8 Å². The number of ether oxygens (including phenoxy) is 1. The van der Waals surface area contributed by atoms with Crippen LogP contribution in [0.25, 0.3) is 0 Å². The lowest BCUT2D eigenvalue weighted by Gasteiger charge is -2.15. The summed E-state index contributed by atoms with van der Waals surface area (Å²) in [5.74, 6) is -1.95. The van der Waals surface area contributed by atoms with Crippen LogP contribution in [0.4, 0.5) is 8.78 Å². The van der Waals surface area contributed by atoms with Gasteiger partial charge in [-0.05, 0) is 25.1 Å². The number of carbonyl (C=O) groups is 1. The highest BCUT2D eigenvalue weighted by Gasteiger charge is 2.14. The molecule has 4 nitrogen and oxygen atoms in total. The van der Waals surface area contributed by atoms with Crippen molar-refractivity contribution in [3.05, 3.63) is 29.8 Å². The number of benzene rings is 1. The molecule has 0 aliphatic heterocycles. The third kappa shape index (κ3) is 5.21. The Morgan fingerprint density at radius 2 is 2.21 bits per heavy atom. The van der Waals surface area contributed by atoms with Crippen molar-refractivity contribution in [2.75, 3.05) is 13.2 Å².